The summed E-state index contributed by atoms with van der Waals surface area (Å²) in [6.45, 7) is 0.662. The Hall–Kier alpha value is -2.25. The van der Waals surface area contributed by atoms with Gasteiger partial charge in [0, 0.05) is 6.54 Å². The number of thiophene rings is 1. The molecule has 1 amide bonds. The molecule has 2 aromatic rings. The number of halogens is 1. The topological polar surface area (TPSA) is 58.6 Å². The van der Waals surface area contributed by atoms with Crippen LogP contribution in [-0.2, 0) is 16.1 Å². The quantitative estimate of drug-likeness (QED) is 0.824. The van der Waals surface area contributed by atoms with Crippen LogP contribution >= 0.6 is 11.3 Å². The molecule has 2 rings (SSSR count). The van der Waals surface area contributed by atoms with E-state index in [-0.39, 0.29) is 18.3 Å². The number of rotatable bonds is 6. The zero-order valence-corrected chi connectivity index (χ0v) is 13.7. The molecule has 7 heteroatoms. The van der Waals surface area contributed by atoms with Crippen molar-refractivity contribution in [3.8, 4) is 0 Å². The maximum Gasteiger partial charge on any atom is 0.350 e. The third kappa shape index (κ3) is 4.87. The number of ether oxygens (including phenoxy) is 1. The zero-order valence-electron chi connectivity index (χ0n) is 12.8. The fourth-order valence-corrected chi connectivity index (χ4v) is 2.82. The van der Waals surface area contributed by atoms with Gasteiger partial charge in [0.25, 0.3) is 0 Å². The lowest BCUT2D eigenvalue weighted by Crippen LogP contribution is -2.30. The number of hydrogen-bond acceptors (Lipinski definition) is 5. The first-order chi connectivity index (χ1) is 11.0. The summed E-state index contributed by atoms with van der Waals surface area (Å²) in [7, 11) is 3.09. The second kappa shape index (κ2) is 7.85. The van der Waals surface area contributed by atoms with Crippen LogP contribution in [0.3, 0.4) is 0 Å². The van der Waals surface area contributed by atoms with Gasteiger partial charge >= 0.3 is 5.97 Å². The highest BCUT2D eigenvalue weighted by Crippen LogP contribution is 2.23. The molecule has 1 N–H and O–H groups in total. The molecule has 0 spiro atoms. The summed E-state index contributed by atoms with van der Waals surface area (Å²) in [5, 5.41) is 4.41. The largest absolute Gasteiger partial charge is 0.465 e. The van der Waals surface area contributed by atoms with Gasteiger partial charge in [0.1, 0.15) is 10.7 Å². The number of benzene rings is 1. The fraction of sp³-hybridized carbons (Fsp3) is 0.250. The predicted molar refractivity (Wildman–Crippen MR) is 87.0 cm³/mol. The van der Waals surface area contributed by atoms with Gasteiger partial charge in [0.2, 0.25) is 5.91 Å². The monoisotopic (exact) mass is 336 g/mol. The summed E-state index contributed by atoms with van der Waals surface area (Å²) >= 11 is 1.21. The highest BCUT2D eigenvalue weighted by molar-refractivity contribution is 7.12. The van der Waals surface area contributed by atoms with Crippen molar-refractivity contribution in [2.24, 2.45) is 0 Å². The molecule has 0 saturated heterocycles. The number of hydrogen-bond donors (Lipinski definition) is 1. The summed E-state index contributed by atoms with van der Waals surface area (Å²) < 4.78 is 17.5. The Kier molecular flexibility index (Phi) is 5.84. The highest BCUT2D eigenvalue weighted by atomic mass is 32.1. The van der Waals surface area contributed by atoms with Crippen LogP contribution in [0.25, 0.3) is 0 Å². The van der Waals surface area contributed by atoms with Gasteiger partial charge in [-0.05, 0) is 36.2 Å². The van der Waals surface area contributed by atoms with Crippen molar-refractivity contribution >= 4 is 28.9 Å². The standard InChI is InChI=1S/C16H17FN2O3S/c1-19(9-11-3-5-12(17)6-4-11)10-14(20)18-13-7-8-23-15(13)16(21)22-2/h3-8H,9-10H2,1-2H3,(H,18,20). The molecule has 0 unspecified atom stereocenters. The second-order valence-corrected chi connectivity index (χ2v) is 5.92. The number of amides is 1. The Labute approximate surface area is 137 Å². The molecular weight excluding hydrogens is 319 g/mol. The fourth-order valence-electron chi connectivity index (χ4n) is 2.05. The SMILES string of the molecule is COC(=O)c1sccc1NC(=O)CN(C)Cc1ccc(F)cc1. The lowest BCUT2D eigenvalue weighted by Gasteiger charge is -2.16. The Morgan fingerprint density at radius 1 is 1.26 bits per heavy atom. The van der Waals surface area contributed by atoms with E-state index in [1.807, 2.05) is 0 Å². The van der Waals surface area contributed by atoms with E-state index in [2.05, 4.69) is 10.1 Å². The summed E-state index contributed by atoms with van der Waals surface area (Å²) in [4.78, 5) is 25.8. The van der Waals surface area contributed by atoms with Crippen molar-refractivity contribution in [2.75, 3.05) is 26.0 Å². The maximum atomic E-state index is 12.9. The van der Waals surface area contributed by atoms with Gasteiger partial charge in [-0.15, -0.1) is 11.3 Å². The normalized spacial score (nSPS) is 10.6. The molecule has 1 aromatic carbocycles. The average molecular weight is 336 g/mol. The summed E-state index contributed by atoms with van der Waals surface area (Å²) in [5.41, 5.74) is 1.36. The van der Waals surface area contributed by atoms with Gasteiger partial charge in [0.05, 0.1) is 19.3 Å². The lowest BCUT2D eigenvalue weighted by atomic mass is 10.2. The first-order valence-electron chi connectivity index (χ1n) is 6.88. The molecule has 0 aliphatic rings. The molecule has 0 bridgehead atoms. The van der Waals surface area contributed by atoms with E-state index < -0.39 is 5.97 Å². The third-order valence-corrected chi connectivity index (χ3v) is 3.98. The van der Waals surface area contributed by atoms with Gasteiger partial charge in [0.15, 0.2) is 0 Å². The Balaban J connectivity index is 1.90. The Bertz CT molecular complexity index is 685. The molecule has 5 nitrogen and oxygen atoms in total. The van der Waals surface area contributed by atoms with Crippen molar-refractivity contribution in [3.63, 3.8) is 0 Å². The number of esters is 1. The summed E-state index contributed by atoms with van der Waals surface area (Å²) in [5.74, 6) is -1.00. The molecule has 0 radical (unpaired) electrons. The first-order valence-corrected chi connectivity index (χ1v) is 7.76. The zero-order chi connectivity index (χ0) is 16.8. The first kappa shape index (κ1) is 17.1. The number of nitrogens with one attached hydrogen (secondary N) is 1. The van der Waals surface area contributed by atoms with E-state index in [4.69, 9.17) is 0 Å². The number of anilines is 1. The minimum Gasteiger partial charge on any atom is -0.465 e. The maximum absolute atomic E-state index is 12.9. The molecular formula is C16H17FN2O3S. The molecule has 23 heavy (non-hydrogen) atoms. The molecule has 0 saturated carbocycles. The third-order valence-electron chi connectivity index (χ3n) is 3.09. The van der Waals surface area contributed by atoms with Crippen molar-refractivity contribution < 1.29 is 18.7 Å². The van der Waals surface area contributed by atoms with Crippen LogP contribution in [0.5, 0.6) is 0 Å². The van der Waals surface area contributed by atoms with Crippen molar-refractivity contribution in [2.45, 2.75) is 6.54 Å². The van der Waals surface area contributed by atoms with E-state index in [9.17, 15) is 14.0 Å². The number of likely N-dealkylation sites (N-methyl/N-ethyl adjacent to an activating group) is 1. The molecule has 1 heterocycles. The Morgan fingerprint density at radius 2 is 1.96 bits per heavy atom. The van der Waals surface area contributed by atoms with E-state index in [1.165, 1.54) is 30.6 Å². The lowest BCUT2D eigenvalue weighted by molar-refractivity contribution is -0.117. The van der Waals surface area contributed by atoms with Gasteiger partial charge in [-0.1, -0.05) is 12.1 Å². The molecule has 0 atom stereocenters. The number of carbonyl (C=O) groups excluding carboxylic acids is 2. The van der Waals surface area contributed by atoms with Crippen molar-refractivity contribution in [1.82, 2.24) is 4.90 Å². The smallest absolute Gasteiger partial charge is 0.350 e. The van der Waals surface area contributed by atoms with Gasteiger partial charge < -0.3 is 10.1 Å². The molecule has 122 valence electrons. The van der Waals surface area contributed by atoms with E-state index in [0.717, 1.165) is 5.56 Å². The molecule has 0 aliphatic carbocycles. The van der Waals surface area contributed by atoms with Crippen LogP contribution in [0.4, 0.5) is 10.1 Å². The molecule has 0 fully saturated rings. The number of nitrogens with zero attached hydrogens (tertiary/aromatic N) is 1. The predicted octanol–water partition coefficient (Wildman–Crippen LogP) is 2.74. The van der Waals surface area contributed by atoms with Crippen LogP contribution in [0, 0.1) is 5.82 Å². The van der Waals surface area contributed by atoms with Crippen LogP contribution in [-0.4, -0.2) is 37.5 Å². The van der Waals surface area contributed by atoms with E-state index in [1.54, 1.807) is 35.5 Å². The summed E-state index contributed by atoms with van der Waals surface area (Å²) in [6.07, 6.45) is 0. The molecule has 1 aromatic heterocycles. The van der Waals surface area contributed by atoms with E-state index in [0.29, 0.717) is 17.1 Å². The number of methoxy groups -OCH3 is 1. The van der Waals surface area contributed by atoms with Crippen molar-refractivity contribution in [3.05, 3.63) is 52.0 Å². The van der Waals surface area contributed by atoms with Gasteiger partial charge in [-0.2, -0.15) is 0 Å². The highest BCUT2D eigenvalue weighted by Gasteiger charge is 2.16. The second-order valence-electron chi connectivity index (χ2n) is 5.00. The minimum atomic E-state index is -0.477. The van der Waals surface area contributed by atoms with Crippen LogP contribution < -0.4 is 5.32 Å². The van der Waals surface area contributed by atoms with Crippen molar-refractivity contribution in [1.29, 1.82) is 0 Å². The Morgan fingerprint density at radius 3 is 2.61 bits per heavy atom. The molecule has 0 aliphatic heterocycles. The van der Waals surface area contributed by atoms with Crippen LogP contribution in [0.2, 0.25) is 0 Å². The number of carbonyl (C=O) groups is 2. The minimum absolute atomic E-state index is 0.147. The van der Waals surface area contributed by atoms with E-state index >= 15 is 0 Å². The average Bonchev–Trinajstić information content (AvgIpc) is 2.96. The van der Waals surface area contributed by atoms with Crippen LogP contribution in [0.15, 0.2) is 35.7 Å². The van der Waals surface area contributed by atoms with Gasteiger partial charge in [-0.25, -0.2) is 9.18 Å². The van der Waals surface area contributed by atoms with Crippen LogP contribution in [0.1, 0.15) is 15.2 Å². The summed E-state index contributed by atoms with van der Waals surface area (Å²) in [6, 6.07) is 7.79. The van der Waals surface area contributed by atoms with Gasteiger partial charge in [-0.3, -0.25) is 9.69 Å².